The molecule has 0 amide bonds. The second kappa shape index (κ2) is 10.0. The standard InChI is InChI=1S/C18H27ClN6/c1-4-14(3)23-18(21-12-15-6-8-16(19)9-7-15)20-10-11-25-13-22-24-17(25)5-2/h6-9,13-14H,4-5,10-12H2,1-3H3,(H2,20,21,23). The summed E-state index contributed by atoms with van der Waals surface area (Å²) in [5, 5.41) is 15.6. The highest BCUT2D eigenvalue weighted by Gasteiger charge is 2.05. The topological polar surface area (TPSA) is 67.1 Å². The molecule has 0 fully saturated rings. The first-order valence-corrected chi connectivity index (χ1v) is 9.16. The average Bonchev–Trinajstić information content (AvgIpc) is 3.08. The molecule has 0 aliphatic rings. The molecule has 2 rings (SSSR count). The summed E-state index contributed by atoms with van der Waals surface area (Å²) in [6, 6.07) is 8.13. The molecular weight excluding hydrogens is 336 g/mol. The number of guanidine groups is 1. The van der Waals surface area contributed by atoms with E-state index >= 15 is 0 Å². The van der Waals surface area contributed by atoms with Crippen LogP contribution in [0.25, 0.3) is 0 Å². The van der Waals surface area contributed by atoms with E-state index in [-0.39, 0.29) is 0 Å². The summed E-state index contributed by atoms with van der Waals surface area (Å²) in [6.45, 7) is 8.55. The van der Waals surface area contributed by atoms with Crippen LogP contribution in [0.5, 0.6) is 0 Å². The molecule has 1 unspecified atom stereocenters. The fourth-order valence-electron chi connectivity index (χ4n) is 2.28. The number of nitrogens with zero attached hydrogens (tertiary/aromatic N) is 4. The predicted octanol–water partition coefficient (Wildman–Crippen LogP) is 3.03. The van der Waals surface area contributed by atoms with Crippen molar-refractivity contribution in [3.05, 3.63) is 47.0 Å². The van der Waals surface area contributed by atoms with Crippen molar-refractivity contribution in [2.24, 2.45) is 4.99 Å². The van der Waals surface area contributed by atoms with Crippen molar-refractivity contribution in [3.8, 4) is 0 Å². The fraction of sp³-hybridized carbons (Fsp3) is 0.500. The number of halogens is 1. The summed E-state index contributed by atoms with van der Waals surface area (Å²) in [5.74, 6) is 1.81. The minimum Gasteiger partial charge on any atom is -0.355 e. The zero-order valence-electron chi connectivity index (χ0n) is 15.2. The quantitative estimate of drug-likeness (QED) is 0.559. The molecule has 0 aliphatic carbocycles. The van der Waals surface area contributed by atoms with Gasteiger partial charge in [0, 0.05) is 30.6 Å². The van der Waals surface area contributed by atoms with E-state index in [2.05, 4.69) is 51.2 Å². The van der Waals surface area contributed by atoms with Gasteiger partial charge in [-0.3, -0.25) is 0 Å². The Kier molecular flexibility index (Phi) is 7.73. The number of nitrogens with one attached hydrogen (secondary N) is 2. The summed E-state index contributed by atoms with van der Waals surface area (Å²) in [6.07, 6.45) is 3.68. The highest BCUT2D eigenvalue weighted by molar-refractivity contribution is 6.30. The van der Waals surface area contributed by atoms with Gasteiger partial charge in [-0.15, -0.1) is 10.2 Å². The minimum atomic E-state index is 0.359. The number of aliphatic imine (C=N–C) groups is 1. The third kappa shape index (κ3) is 6.38. The van der Waals surface area contributed by atoms with Gasteiger partial charge in [-0.25, -0.2) is 4.99 Å². The summed E-state index contributed by atoms with van der Waals surface area (Å²) in [7, 11) is 0. The molecule has 6 nitrogen and oxygen atoms in total. The molecule has 0 aliphatic heterocycles. The van der Waals surface area contributed by atoms with Gasteiger partial charge in [0.2, 0.25) is 0 Å². The molecule has 0 radical (unpaired) electrons. The molecule has 0 spiro atoms. The largest absolute Gasteiger partial charge is 0.355 e. The molecule has 7 heteroatoms. The number of rotatable bonds is 8. The Labute approximate surface area is 154 Å². The number of aryl methyl sites for hydroxylation is 1. The lowest BCUT2D eigenvalue weighted by Gasteiger charge is -2.17. The second-order valence-electron chi connectivity index (χ2n) is 5.97. The molecule has 1 aromatic heterocycles. The zero-order valence-corrected chi connectivity index (χ0v) is 15.9. The monoisotopic (exact) mass is 362 g/mol. The van der Waals surface area contributed by atoms with Crippen LogP contribution in [-0.2, 0) is 19.5 Å². The van der Waals surface area contributed by atoms with Crippen molar-refractivity contribution in [2.45, 2.75) is 52.7 Å². The van der Waals surface area contributed by atoms with E-state index in [4.69, 9.17) is 11.6 Å². The van der Waals surface area contributed by atoms with Crippen molar-refractivity contribution in [2.75, 3.05) is 6.54 Å². The number of aromatic nitrogens is 3. The Morgan fingerprint density at radius 1 is 1.28 bits per heavy atom. The molecule has 2 N–H and O–H groups in total. The Morgan fingerprint density at radius 2 is 2.04 bits per heavy atom. The van der Waals surface area contributed by atoms with Gasteiger partial charge in [0.25, 0.3) is 0 Å². The fourth-order valence-corrected chi connectivity index (χ4v) is 2.41. The molecule has 1 aromatic carbocycles. The van der Waals surface area contributed by atoms with Gasteiger partial charge in [-0.2, -0.15) is 0 Å². The second-order valence-corrected chi connectivity index (χ2v) is 6.40. The van der Waals surface area contributed by atoms with Crippen LogP contribution in [-0.4, -0.2) is 33.3 Å². The third-order valence-electron chi connectivity index (χ3n) is 3.99. The third-order valence-corrected chi connectivity index (χ3v) is 4.24. The van der Waals surface area contributed by atoms with Crippen LogP contribution in [0.2, 0.25) is 5.02 Å². The van der Waals surface area contributed by atoms with Gasteiger partial charge in [0.15, 0.2) is 5.96 Å². The first-order chi connectivity index (χ1) is 12.1. The summed E-state index contributed by atoms with van der Waals surface area (Å²) >= 11 is 5.93. The van der Waals surface area contributed by atoms with E-state index in [0.29, 0.717) is 12.6 Å². The summed E-state index contributed by atoms with van der Waals surface area (Å²) in [4.78, 5) is 4.68. The van der Waals surface area contributed by atoms with Gasteiger partial charge in [-0.05, 0) is 31.0 Å². The van der Waals surface area contributed by atoms with E-state index in [1.54, 1.807) is 6.33 Å². The van der Waals surface area contributed by atoms with Gasteiger partial charge < -0.3 is 15.2 Å². The van der Waals surface area contributed by atoms with Crippen molar-refractivity contribution in [1.29, 1.82) is 0 Å². The molecule has 1 atom stereocenters. The molecule has 25 heavy (non-hydrogen) atoms. The van der Waals surface area contributed by atoms with Crippen molar-refractivity contribution in [1.82, 2.24) is 25.4 Å². The Morgan fingerprint density at radius 3 is 2.72 bits per heavy atom. The van der Waals surface area contributed by atoms with Crippen LogP contribution in [0.3, 0.4) is 0 Å². The normalized spacial score (nSPS) is 12.9. The zero-order chi connectivity index (χ0) is 18.1. The van der Waals surface area contributed by atoms with Gasteiger partial charge in [0.1, 0.15) is 12.2 Å². The number of hydrogen-bond donors (Lipinski definition) is 2. The molecule has 136 valence electrons. The van der Waals surface area contributed by atoms with Crippen LogP contribution in [0.4, 0.5) is 0 Å². The van der Waals surface area contributed by atoms with Crippen LogP contribution in [0.15, 0.2) is 35.6 Å². The van der Waals surface area contributed by atoms with Crippen LogP contribution >= 0.6 is 11.6 Å². The van der Waals surface area contributed by atoms with E-state index in [9.17, 15) is 0 Å². The maximum Gasteiger partial charge on any atom is 0.191 e. The highest BCUT2D eigenvalue weighted by Crippen LogP contribution is 2.10. The van der Waals surface area contributed by atoms with Crippen molar-refractivity contribution < 1.29 is 0 Å². The lowest BCUT2D eigenvalue weighted by atomic mass is 10.2. The Hall–Kier alpha value is -2.08. The van der Waals surface area contributed by atoms with E-state index in [1.807, 2.05) is 24.3 Å². The lowest BCUT2D eigenvalue weighted by molar-refractivity contribution is 0.599. The minimum absolute atomic E-state index is 0.359. The van der Waals surface area contributed by atoms with Crippen LogP contribution < -0.4 is 10.6 Å². The molecule has 0 bridgehead atoms. The smallest absolute Gasteiger partial charge is 0.191 e. The first kappa shape index (κ1) is 19.2. The first-order valence-electron chi connectivity index (χ1n) is 8.78. The molecule has 1 heterocycles. The van der Waals surface area contributed by atoms with E-state index < -0.39 is 0 Å². The van der Waals surface area contributed by atoms with E-state index in [1.165, 1.54) is 0 Å². The Bertz CT molecular complexity index is 664. The molecule has 0 saturated heterocycles. The average molecular weight is 363 g/mol. The maximum atomic E-state index is 5.93. The van der Waals surface area contributed by atoms with Gasteiger partial charge in [-0.1, -0.05) is 37.6 Å². The maximum absolute atomic E-state index is 5.93. The van der Waals surface area contributed by atoms with Crippen LogP contribution in [0.1, 0.15) is 38.6 Å². The van der Waals surface area contributed by atoms with Crippen LogP contribution in [0, 0.1) is 0 Å². The van der Waals surface area contributed by atoms with E-state index in [0.717, 1.165) is 48.3 Å². The highest BCUT2D eigenvalue weighted by atomic mass is 35.5. The van der Waals surface area contributed by atoms with Crippen molar-refractivity contribution >= 4 is 17.6 Å². The van der Waals surface area contributed by atoms with Crippen molar-refractivity contribution in [3.63, 3.8) is 0 Å². The molecule has 2 aromatic rings. The summed E-state index contributed by atoms with van der Waals surface area (Å²) in [5.41, 5.74) is 1.13. The van der Waals surface area contributed by atoms with Gasteiger partial charge >= 0.3 is 0 Å². The number of hydrogen-bond acceptors (Lipinski definition) is 3. The summed E-state index contributed by atoms with van der Waals surface area (Å²) < 4.78 is 2.06. The molecular formula is C18H27ClN6. The Balaban J connectivity index is 1.94. The van der Waals surface area contributed by atoms with Gasteiger partial charge in [0.05, 0.1) is 6.54 Å². The molecule has 0 saturated carbocycles. The predicted molar refractivity (Wildman–Crippen MR) is 103 cm³/mol. The lowest BCUT2D eigenvalue weighted by Crippen LogP contribution is -2.43. The number of benzene rings is 1. The SMILES string of the molecule is CCc1nncn1CCNC(=NCc1ccc(Cl)cc1)NC(C)CC.